The summed E-state index contributed by atoms with van der Waals surface area (Å²) in [6, 6.07) is 4.60. The largest absolute Gasteiger partial charge is 0.378 e. The predicted molar refractivity (Wildman–Crippen MR) is 68.9 cm³/mol. The molecule has 2 heterocycles. The van der Waals surface area contributed by atoms with Gasteiger partial charge in [0.25, 0.3) is 0 Å². The van der Waals surface area contributed by atoms with E-state index < -0.39 is 0 Å². The summed E-state index contributed by atoms with van der Waals surface area (Å²) in [5.74, 6) is 0. The molecular weight excluding hydrogens is 212 g/mol. The fourth-order valence-electron chi connectivity index (χ4n) is 2.34. The van der Waals surface area contributed by atoms with Gasteiger partial charge in [-0.25, -0.2) is 0 Å². The van der Waals surface area contributed by atoms with Crippen LogP contribution < -0.4 is 5.32 Å². The van der Waals surface area contributed by atoms with E-state index in [1.165, 1.54) is 18.4 Å². The van der Waals surface area contributed by atoms with Gasteiger partial charge in [0.1, 0.15) is 0 Å². The average molecular weight is 234 g/mol. The second-order valence-electron chi connectivity index (χ2n) is 4.66. The van der Waals surface area contributed by atoms with E-state index in [0.29, 0.717) is 12.1 Å². The molecule has 0 aromatic carbocycles. The summed E-state index contributed by atoms with van der Waals surface area (Å²) in [6.45, 7) is 4.18. The van der Waals surface area contributed by atoms with Gasteiger partial charge in [-0.15, -0.1) is 0 Å². The topological polar surface area (TPSA) is 34.1 Å². The van der Waals surface area contributed by atoms with Gasteiger partial charge in [0.2, 0.25) is 0 Å². The van der Waals surface area contributed by atoms with Crippen molar-refractivity contribution in [1.29, 1.82) is 0 Å². The van der Waals surface area contributed by atoms with E-state index >= 15 is 0 Å². The molecule has 0 amide bonds. The molecule has 2 rings (SSSR count). The minimum Gasteiger partial charge on any atom is -0.378 e. The Labute approximate surface area is 104 Å². The van der Waals surface area contributed by atoms with Crippen molar-refractivity contribution in [3.8, 4) is 0 Å². The lowest BCUT2D eigenvalue weighted by atomic mass is 10.00. The Bertz CT molecular complexity index is 309. The molecule has 0 aliphatic carbocycles. The summed E-state index contributed by atoms with van der Waals surface area (Å²) in [7, 11) is 0. The summed E-state index contributed by atoms with van der Waals surface area (Å²) in [5, 5.41) is 3.60. The van der Waals surface area contributed by atoms with Gasteiger partial charge in [-0.05, 0) is 49.9 Å². The van der Waals surface area contributed by atoms with E-state index in [0.717, 1.165) is 26.0 Å². The number of rotatable bonds is 6. The lowest BCUT2D eigenvalue weighted by molar-refractivity contribution is 0.0945. The molecule has 0 radical (unpaired) electrons. The summed E-state index contributed by atoms with van der Waals surface area (Å²) in [6.07, 6.45) is 8.81. The first-order chi connectivity index (χ1) is 8.40. The fourth-order valence-corrected chi connectivity index (χ4v) is 2.34. The molecule has 0 saturated carbocycles. The molecule has 3 heteroatoms. The van der Waals surface area contributed by atoms with Crippen LogP contribution in [0, 0.1) is 0 Å². The van der Waals surface area contributed by atoms with Crippen LogP contribution in [-0.4, -0.2) is 24.2 Å². The number of hydrogen-bond donors (Lipinski definition) is 1. The van der Waals surface area contributed by atoms with Crippen molar-refractivity contribution in [2.45, 2.75) is 44.8 Å². The van der Waals surface area contributed by atoms with E-state index in [2.05, 4.69) is 29.4 Å². The van der Waals surface area contributed by atoms with E-state index in [4.69, 9.17) is 4.74 Å². The molecule has 1 aliphatic rings. The molecule has 17 heavy (non-hydrogen) atoms. The summed E-state index contributed by atoms with van der Waals surface area (Å²) >= 11 is 0. The molecule has 2 unspecified atom stereocenters. The van der Waals surface area contributed by atoms with Crippen LogP contribution in [0.3, 0.4) is 0 Å². The van der Waals surface area contributed by atoms with Crippen molar-refractivity contribution in [3.63, 3.8) is 0 Å². The van der Waals surface area contributed by atoms with E-state index in [-0.39, 0.29) is 0 Å². The second kappa shape index (κ2) is 6.72. The Hall–Kier alpha value is -0.930. The van der Waals surface area contributed by atoms with Gasteiger partial charge in [0.15, 0.2) is 0 Å². The maximum Gasteiger partial charge on any atom is 0.0594 e. The Kier molecular flexibility index (Phi) is 4.95. The predicted octanol–water partition coefficient (Wildman–Crippen LogP) is 2.69. The first-order valence-electron chi connectivity index (χ1n) is 6.65. The zero-order valence-electron chi connectivity index (χ0n) is 10.6. The number of aromatic nitrogens is 1. The molecule has 2 atom stereocenters. The highest BCUT2D eigenvalue weighted by Gasteiger charge is 2.21. The van der Waals surface area contributed by atoms with Crippen molar-refractivity contribution in [2.75, 3.05) is 13.2 Å². The highest BCUT2D eigenvalue weighted by molar-refractivity contribution is 5.15. The summed E-state index contributed by atoms with van der Waals surface area (Å²) in [5.41, 5.74) is 1.32. The number of ether oxygens (including phenoxy) is 1. The third kappa shape index (κ3) is 3.79. The second-order valence-corrected chi connectivity index (χ2v) is 4.66. The van der Waals surface area contributed by atoms with E-state index in [1.807, 2.05) is 12.4 Å². The standard InChI is InChI=1S/C14H22N2O/c1-2-7-16-14(11-13-4-3-10-17-13)12-5-8-15-9-6-12/h5-6,8-9,13-14,16H,2-4,7,10-11H2,1H3. The molecule has 1 aromatic heterocycles. The molecule has 1 N–H and O–H groups in total. The number of hydrogen-bond acceptors (Lipinski definition) is 3. The summed E-state index contributed by atoms with van der Waals surface area (Å²) in [4.78, 5) is 4.08. The minimum atomic E-state index is 0.404. The maximum absolute atomic E-state index is 5.73. The Morgan fingerprint density at radius 1 is 1.47 bits per heavy atom. The van der Waals surface area contributed by atoms with Crippen molar-refractivity contribution >= 4 is 0 Å². The molecule has 1 fully saturated rings. The molecule has 1 saturated heterocycles. The van der Waals surface area contributed by atoms with Crippen LogP contribution in [0.5, 0.6) is 0 Å². The molecular formula is C14H22N2O. The van der Waals surface area contributed by atoms with Crippen molar-refractivity contribution in [1.82, 2.24) is 10.3 Å². The van der Waals surface area contributed by atoms with Crippen molar-refractivity contribution in [2.24, 2.45) is 0 Å². The van der Waals surface area contributed by atoms with Crippen LogP contribution in [0.15, 0.2) is 24.5 Å². The van der Waals surface area contributed by atoms with Crippen molar-refractivity contribution in [3.05, 3.63) is 30.1 Å². The first kappa shape index (κ1) is 12.5. The van der Waals surface area contributed by atoms with Gasteiger partial charge in [-0.1, -0.05) is 6.92 Å². The lowest BCUT2D eigenvalue weighted by Gasteiger charge is -2.22. The quantitative estimate of drug-likeness (QED) is 0.821. The highest BCUT2D eigenvalue weighted by Crippen LogP contribution is 2.24. The SMILES string of the molecule is CCCNC(CC1CCCO1)c1ccncc1. The first-order valence-corrected chi connectivity index (χ1v) is 6.65. The molecule has 94 valence electrons. The highest BCUT2D eigenvalue weighted by atomic mass is 16.5. The molecule has 1 aromatic rings. The van der Waals surface area contributed by atoms with Crippen LogP contribution in [-0.2, 0) is 4.74 Å². The van der Waals surface area contributed by atoms with Crippen molar-refractivity contribution < 1.29 is 4.74 Å². The van der Waals surface area contributed by atoms with Crippen LogP contribution in [0.2, 0.25) is 0 Å². The smallest absolute Gasteiger partial charge is 0.0594 e. The molecule has 3 nitrogen and oxygen atoms in total. The molecule has 0 bridgehead atoms. The van der Waals surface area contributed by atoms with Gasteiger partial charge in [0, 0.05) is 25.0 Å². The lowest BCUT2D eigenvalue weighted by Crippen LogP contribution is -2.26. The maximum atomic E-state index is 5.73. The van der Waals surface area contributed by atoms with Crippen LogP contribution >= 0.6 is 0 Å². The Balaban J connectivity index is 1.97. The third-order valence-electron chi connectivity index (χ3n) is 3.27. The van der Waals surface area contributed by atoms with Gasteiger partial charge in [0.05, 0.1) is 6.10 Å². The monoisotopic (exact) mass is 234 g/mol. The normalized spacial score (nSPS) is 21.6. The van der Waals surface area contributed by atoms with E-state index in [1.54, 1.807) is 0 Å². The van der Waals surface area contributed by atoms with Gasteiger partial charge in [-0.3, -0.25) is 4.98 Å². The fraction of sp³-hybridized carbons (Fsp3) is 0.643. The number of pyridine rings is 1. The van der Waals surface area contributed by atoms with Crippen LogP contribution in [0.25, 0.3) is 0 Å². The van der Waals surface area contributed by atoms with Crippen LogP contribution in [0.4, 0.5) is 0 Å². The number of nitrogens with zero attached hydrogens (tertiary/aromatic N) is 1. The molecule has 1 aliphatic heterocycles. The Morgan fingerprint density at radius 3 is 2.94 bits per heavy atom. The third-order valence-corrected chi connectivity index (χ3v) is 3.27. The molecule has 0 spiro atoms. The number of nitrogens with one attached hydrogen (secondary N) is 1. The summed E-state index contributed by atoms with van der Waals surface area (Å²) < 4.78 is 5.73. The van der Waals surface area contributed by atoms with E-state index in [9.17, 15) is 0 Å². The van der Waals surface area contributed by atoms with Gasteiger partial charge < -0.3 is 10.1 Å². The van der Waals surface area contributed by atoms with Gasteiger partial charge >= 0.3 is 0 Å². The van der Waals surface area contributed by atoms with Gasteiger partial charge in [-0.2, -0.15) is 0 Å². The minimum absolute atomic E-state index is 0.404. The zero-order chi connectivity index (χ0) is 11.9. The average Bonchev–Trinajstić information content (AvgIpc) is 2.88. The Morgan fingerprint density at radius 2 is 2.29 bits per heavy atom. The zero-order valence-corrected chi connectivity index (χ0v) is 10.6. The van der Waals surface area contributed by atoms with Crippen LogP contribution in [0.1, 0.15) is 44.2 Å².